The molecule has 0 amide bonds. The number of allylic oxidation sites excluding steroid dienone is 1. The maximum absolute atomic E-state index is 5.78. The van der Waals surface area contributed by atoms with E-state index in [2.05, 4.69) is 9.89 Å². The van der Waals surface area contributed by atoms with Crippen molar-refractivity contribution in [3.63, 3.8) is 0 Å². The molecule has 11 heavy (non-hydrogen) atoms. The van der Waals surface area contributed by atoms with Crippen LogP contribution in [0.15, 0.2) is 16.5 Å². The van der Waals surface area contributed by atoms with Gasteiger partial charge in [-0.25, -0.2) is 4.99 Å². The van der Waals surface area contributed by atoms with Gasteiger partial charge in [0.15, 0.2) is 0 Å². The number of rotatable bonds is 1. The highest BCUT2D eigenvalue weighted by atomic mass is 15.2. The highest BCUT2D eigenvalue weighted by molar-refractivity contribution is 5.55. The molecular weight excluding hydrogens is 138 g/mol. The van der Waals surface area contributed by atoms with Crippen LogP contribution in [0.4, 0.5) is 0 Å². The van der Waals surface area contributed by atoms with E-state index in [1.54, 1.807) is 6.21 Å². The molecular formula is C8H15N3. The molecule has 0 aromatic heterocycles. The van der Waals surface area contributed by atoms with Crippen LogP contribution in [-0.2, 0) is 0 Å². The zero-order valence-electron chi connectivity index (χ0n) is 7.17. The number of nitrogens with two attached hydrogens (primary N) is 1. The fourth-order valence-electron chi connectivity index (χ4n) is 1.27. The van der Waals surface area contributed by atoms with Crippen molar-refractivity contribution >= 4 is 6.21 Å². The first-order valence-electron chi connectivity index (χ1n) is 3.94. The van der Waals surface area contributed by atoms with Gasteiger partial charge in [0.05, 0.1) is 5.70 Å². The van der Waals surface area contributed by atoms with Crippen LogP contribution < -0.4 is 5.73 Å². The molecule has 0 aliphatic carbocycles. The van der Waals surface area contributed by atoms with E-state index >= 15 is 0 Å². The van der Waals surface area contributed by atoms with Crippen molar-refractivity contribution in [1.82, 2.24) is 4.90 Å². The van der Waals surface area contributed by atoms with Crippen LogP contribution in [-0.4, -0.2) is 24.7 Å². The Balaban J connectivity index is 2.82. The minimum absolute atomic E-state index is 0.914. The van der Waals surface area contributed by atoms with Crippen LogP contribution in [0.3, 0.4) is 0 Å². The van der Waals surface area contributed by atoms with E-state index in [4.69, 9.17) is 5.73 Å². The molecule has 2 N–H and O–H groups in total. The summed E-state index contributed by atoms with van der Waals surface area (Å²) < 4.78 is 0. The Morgan fingerprint density at radius 2 is 2.36 bits per heavy atom. The molecule has 0 bridgehead atoms. The third-order valence-corrected chi connectivity index (χ3v) is 1.84. The maximum Gasteiger partial charge on any atom is 0.146 e. The quantitative estimate of drug-likeness (QED) is 0.569. The second-order valence-corrected chi connectivity index (χ2v) is 2.76. The monoisotopic (exact) mass is 153 g/mol. The third-order valence-electron chi connectivity index (χ3n) is 1.84. The molecule has 3 heteroatoms. The lowest BCUT2D eigenvalue weighted by atomic mass is 10.2. The number of hydrogen-bond acceptors (Lipinski definition) is 3. The molecule has 0 spiro atoms. The van der Waals surface area contributed by atoms with E-state index < -0.39 is 0 Å². The molecule has 0 aromatic rings. The van der Waals surface area contributed by atoms with Crippen LogP contribution in [0.25, 0.3) is 0 Å². The van der Waals surface area contributed by atoms with Gasteiger partial charge in [0.1, 0.15) is 5.82 Å². The van der Waals surface area contributed by atoms with Gasteiger partial charge in [0.25, 0.3) is 0 Å². The van der Waals surface area contributed by atoms with E-state index in [-0.39, 0.29) is 0 Å². The first-order valence-corrected chi connectivity index (χ1v) is 3.94. The number of nitrogens with zero attached hydrogens (tertiary/aromatic N) is 2. The first-order chi connectivity index (χ1) is 5.25. The molecule has 3 nitrogen and oxygen atoms in total. The lowest BCUT2D eigenvalue weighted by molar-refractivity contribution is 0.373. The summed E-state index contributed by atoms with van der Waals surface area (Å²) in [6.45, 7) is 2.97. The van der Waals surface area contributed by atoms with Crippen LogP contribution >= 0.6 is 0 Å². The normalized spacial score (nSPS) is 20.0. The average molecular weight is 153 g/mol. The zero-order chi connectivity index (χ0) is 8.27. The van der Waals surface area contributed by atoms with Gasteiger partial charge < -0.3 is 10.6 Å². The SMILES string of the molecule is C/C=N\C1=C(N)CCCN1C. The molecule has 0 aromatic carbocycles. The molecule has 1 heterocycles. The standard InChI is InChI=1S/C8H15N3/c1-3-10-8-7(9)5-4-6-11(8)2/h3H,4-6,9H2,1-2H3/b10-3-. The second-order valence-electron chi connectivity index (χ2n) is 2.76. The van der Waals surface area contributed by atoms with Gasteiger partial charge in [-0.2, -0.15) is 0 Å². The Hall–Kier alpha value is -0.990. The van der Waals surface area contributed by atoms with Crippen LogP contribution in [0.2, 0.25) is 0 Å². The lowest BCUT2D eigenvalue weighted by Gasteiger charge is -2.25. The smallest absolute Gasteiger partial charge is 0.146 e. The molecule has 0 saturated heterocycles. The van der Waals surface area contributed by atoms with Gasteiger partial charge in [0, 0.05) is 19.8 Å². The first kappa shape index (κ1) is 8.11. The minimum atomic E-state index is 0.914. The van der Waals surface area contributed by atoms with Crippen molar-refractivity contribution in [3.8, 4) is 0 Å². The average Bonchev–Trinajstić information content (AvgIpc) is 1.97. The van der Waals surface area contributed by atoms with Crippen LogP contribution in [0.5, 0.6) is 0 Å². The van der Waals surface area contributed by atoms with Crippen molar-refractivity contribution < 1.29 is 0 Å². The Bertz CT molecular complexity index is 194. The maximum atomic E-state index is 5.78. The molecule has 0 saturated carbocycles. The van der Waals surface area contributed by atoms with Gasteiger partial charge in [0.2, 0.25) is 0 Å². The Morgan fingerprint density at radius 1 is 1.64 bits per heavy atom. The van der Waals surface area contributed by atoms with Crippen molar-refractivity contribution in [2.24, 2.45) is 10.7 Å². The minimum Gasteiger partial charge on any atom is -0.399 e. The Labute approximate surface area is 67.6 Å². The number of aliphatic imine (C=N–C) groups is 1. The molecule has 1 aliphatic heterocycles. The van der Waals surface area contributed by atoms with E-state index in [0.717, 1.165) is 30.9 Å². The molecule has 0 fully saturated rings. The molecule has 0 atom stereocenters. The third kappa shape index (κ3) is 1.73. The fourth-order valence-corrected chi connectivity index (χ4v) is 1.27. The summed E-state index contributed by atoms with van der Waals surface area (Å²) in [4.78, 5) is 6.30. The largest absolute Gasteiger partial charge is 0.399 e. The summed E-state index contributed by atoms with van der Waals surface area (Å²) in [5, 5.41) is 0. The summed E-state index contributed by atoms with van der Waals surface area (Å²) in [7, 11) is 2.02. The molecule has 0 radical (unpaired) electrons. The lowest BCUT2D eigenvalue weighted by Crippen LogP contribution is -2.26. The van der Waals surface area contributed by atoms with Gasteiger partial charge in [-0.05, 0) is 19.8 Å². The van der Waals surface area contributed by atoms with Gasteiger partial charge in [-0.3, -0.25) is 0 Å². The summed E-state index contributed by atoms with van der Waals surface area (Å²) >= 11 is 0. The molecule has 1 rings (SSSR count). The summed E-state index contributed by atoms with van der Waals surface area (Å²) in [5.74, 6) is 0.943. The molecule has 0 unspecified atom stereocenters. The van der Waals surface area contributed by atoms with Crippen molar-refractivity contribution in [3.05, 3.63) is 11.5 Å². The van der Waals surface area contributed by atoms with Gasteiger partial charge >= 0.3 is 0 Å². The summed E-state index contributed by atoms with van der Waals surface area (Å²) in [6, 6.07) is 0. The number of hydrogen-bond donors (Lipinski definition) is 1. The van der Waals surface area contributed by atoms with Crippen LogP contribution in [0, 0.1) is 0 Å². The van der Waals surface area contributed by atoms with Gasteiger partial charge in [-0.1, -0.05) is 0 Å². The van der Waals surface area contributed by atoms with Crippen molar-refractivity contribution in [2.75, 3.05) is 13.6 Å². The Kier molecular flexibility index (Phi) is 2.52. The van der Waals surface area contributed by atoms with Crippen molar-refractivity contribution in [2.45, 2.75) is 19.8 Å². The summed E-state index contributed by atoms with van der Waals surface area (Å²) in [6.07, 6.45) is 3.91. The molecule has 1 aliphatic rings. The highest BCUT2D eigenvalue weighted by Gasteiger charge is 2.12. The van der Waals surface area contributed by atoms with Crippen LogP contribution in [0.1, 0.15) is 19.8 Å². The van der Waals surface area contributed by atoms with E-state index in [0.29, 0.717) is 0 Å². The second kappa shape index (κ2) is 3.42. The topological polar surface area (TPSA) is 41.6 Å². The fraction of sp³-hybridized carbons (Fsp3) is 0.625. The molecule has 62 valence electrons. The highest BCUT2D eigenvalue weighted by Crippen LogP contribution is 2.17. The van der Waals surface area contributed by atoms with E-state index in [1.807, 2.05) is 14.0 Å². The van der Waals surface area contributed by atoms with E-state index in [1.165, 1.54) is 0 Å². The zero-order valence-corrected chi connectivity index (χ0v) is 7.17. The predicted molar refractivity (Wildman–Crippen MR) is 47.2 cm³/mol. The van der Waals surface area contributed by atoms with Crippen molar-refractivity contribution in [1.29, 1.82) is 0 Å². The predicted octanol–water partition coefficient (Wildman–Crippen LogP) is 0.931. The van der Waals surface area contributed by atoms with Gasteiger partial charge in [-0.15, -0.1) is 0 Å². The van der Waals surface area contributed by atoms with E-state index in [9.17, 15) is 0 Å². The Morgan fingerprint density at radius 3 is 2.91 bits per heavy atom. The summed E-state index contributed by atoms with van der Waals surface area (Å²) in [5.41, 5.74) is 6.69.